The van der Waals surface area contributed by atoms with Crippen molar-refractivity contribution in [2.75, 3.05) is 12.3 Å². The molecule has 1 unspecified atom stereocenters. The van der Waals surface area contributed by atoms with Gasteiger partial charge >= 0.3 is 6.09 Å². The lowest BCUT2D eigenvalue weighted by atomic mass is 9.82. The summed E-state index contributed by atoms with van der Waals surface area (Å²) in [6, 6.07) is 6.44. The van der Waals surface area contributed by atoms with E-state index in [9.17, 15) is 14.4 Å². The fourth-order valence-electron chi connectivity index (χ4n) is 5.05. The Morgan fingerprint density at radius 2 is 1.89 bits per heavy atom. The Kier molecular flexibility index (Phi) is 7.66. The number of ether oxygens (including phenoxy) is 1. The summed E-state index contributed by atoms with van der Waals surface area (Å²) >= 11 is 0. The number of hydrogen-bond acceptors (Lipinski definition) is 6. The molecule has 194 valence electrons. The largest absolute Gasteiger partial charge is 0.444 e. The van der Waals surface area contributed by atoms with E-state index in [-0.39, 0.29) is 17.7 Å². The van der Waals surface area contributed by atoms with Crippen LogP contribution in [0, 0.1) is 5.92 Å². The van der Waals surface area contributed by atoms with Gasteiger partial charge in [-0.2, -0.15) is 0 Å². The molecule has 36 heavy (non-hydrogen) atoms. The third-order valence-electron chi connectivity index (χ3n) is 6.99. The Labute approximate surface area is 212 Å². The highest BCUT2D eigenvalue weighted by molar-refractivity contribution is 5.93. The third-order valence-corrected chi connectivity index (χ3v) is 6.99. The van der Waals surface area contributed by atoms with Gasteiger partial charge < -0.3 is 26.0 Å². The van der Waals surface area contributed by atoms with Crippen molar-refractivity contribution in [1.82, 2.24) is 20.5 Å². The van der Waals surface area contributed by atoms with Crippen molar-refractivity contribution in [1.29, 1.82) is 0 Å². The van der Waals surface area contributed by atoms with Crippen LogP contribution in [0.15, 0.2) is 30.5 Å². The monoisotopic (exact) mass is 495 g/mol. The van der Waals surface area contributed by atoms with Gasteiger partial charge in [-0.3, -0.25) is 9.59 Å². The van der Waals surface area contributed by atoms with E-state index in [4.69, 9.17) is 10.5 Å². The number of carbonyl (C=O) groups is 3. The molecule has 2 aliphatic rings. The first kappa shape index (κ1) is 25.7. The number of amides is 3. The molecule has 1 aromatic heterocycles. The number of nitrogens with one attached hydrogen (secondary N) is 2. The first-order chi connectivity index (χ1) is 17.1. The van der Waals surface area contributed by atoms with E-state index >= 15 is 0 Å². The molecule has 0 bridgehead atoms. The number of benzene rings is 1. The number of nitrogens with zero attached hydrogens (tertiary/aromatic N) is 2. The standard InChI is InChI=1S/C27H37N5O4/c1-27(2,3)36-26(35)31-22(18-7-5-4-6-8-18)25(34)32-14-12-21(32)24(33)30-16-17-9-10-20-19(15-17)11-13-29-23(20)28/h9-11,13,15,18,21-22H,4-8,12,14,16H2,1-3H3,(H2,28,29)(H,30,33)(H,31,35)/t21?,22-/m1/s1. The van der Waals surface area contributed by atoms with Crippen LogP contribution in [-0.4, -0.2) is 52.0 Å². The van der Waals surface area contributed by atoms with Gasteiger partial charge in [0.25, 0.3) is 0 Å². The summed E-state index contributed by atoms with van der Waals surface area (Å²) in [5.41, 5.74) is 6.20. The van der Waals surface area contributed by atoms with Crippen LogP contribution in [0.25, 0.3) is 10.8 Å². The summed E-state index contributed by atoms with van der Waals surface area (Å²) in [7, 11) is 0. The fraction of sp³-hybridized carbons (Fsp3) is 0.556. The normalized spacial score (nSPS) is 19.3. The highest BCUT2D eigenvalue weighted by Crippen LogP contribution is 2.30. The topological polar surface area (TPSA) is 127 Å². The van der Waals surface area contributed by atoms with E-state index in [2.05, 4.69) is 15.6 Å². The summed E-state index contributed by atoms with van der Waals surface area (Å²) in [6.07, 6.45) is 6.60. The molecule has 0 spiro atoms. The molecule has 4 rings (SSSR count). The van der Waals surface area contributed by atoms with E-state index in [1.807, 2.05) is 24.3 Å². The van der Waals surface area contributed by atoms with E-state index in [0.29, 0.717) is 25.3 Å². The zero-order valence-electron chi connectivity index (χ0n) is 21.4. The molecule has 0 radical (unpaired) electrons. The molecule has 9 nitrogen and oxygen atoms in total. The second-order valence-electron chi connectivity index (χ2n) is 10.8. The number of nitrogens with two attached hydrogens (primary N) is 1. The zero-order chi connectivity index (χ0) is 25.9. The van der Waals surface area contributed by atoms with Crippen LogP contribution in [0.5, 0.6) is 0 Å². The maximum absolute atomic E-state index is 13.6. The average molecular weight is 496 g/mol. The summed E-state index contributed by atoms with van der Waals surface area (Å²) < 4.78 is 5.43. The first-order valence-corrected chi connectivity index (χ1v) is 12.8. The van der Waals surface area contributed by atoms with Gasteiger partial charge in [0.05, 0.1) is 0 Å². The lowest BCUT2D eigenvalue weighted by Gasteiger charge is -2.43. The Hall–Kier alpha value is -3.36. The second-order valence-corrected chi connectivity index (χ2v) is 10.8. The van der Waals surface area contributed by atoms with Crippen molar-refractivity contribution in [3.05, 3.63) is 36.0 Å². The quantitative estimate of drug-likeness (QED) is 0.563. The SMILES string of the molecule is CC(C)(C)OC(=O)N[C@@H](C(=O)N1CCC1C(=O)NCc1ccc2c(N)nccc2c1)C1CCCCC1. The molecule has 2 fully saturated rings. The van der Waals surface area contributed by atoms with E-state index in [1.165, 1.54) is 0 Å². The van der Waals surface area contributed by atoms with Crippen LogP contribution in [-0.2, 0) is 20.9 Å². The van der Waals surface area contributed by atoms with Gasteiger partial charge in [0, 0.05) is 24.7 Å². The lowest BCUT2D eigenvalue weighted by molar-refractivity contribution is -0.150. The van der Waals surface area contributed by atoms with Crippen LogP contribution in [0.3, 0.4) is 0 Å². The number of carbonyl (C=O) groups excluding carboxylic acids is 3. The molecule has 2 aromatic rings. The number of fused-ring (bicyclic) bond motifs is 1. The molecular formula is C27H37N5O4. The first-order valence-electron chi connectivity index (χ1n) is 12.8. The number of alkyl carbamates (subject to hydrolysis) is 1. The molecular weight excluding hydrogens is 458 g/mol. The summed E-state index contributed by atoms with van der Waals surface area (Å²) in [4.78, 5) is 44.8. The van der Waals surface area contributed by atoms with E-state index in [0.717, 1.165) is 48.4 Å². The zero-order valence-corrected chi connectivity index (χ0v) is 21.4. The number of rotatable bonds is 6. The Bertz CT molecular complexity index is 1120. The Morgan fingerprint density at radius 3 is 2.56 bits per heavy atom. The van der Waals surface area contributed by atoms with Crippen LogP contribution in [0.2, 0.25) is 0 Å². The molecule has 2 atom stereocenters. The van der Waals surface area contributed by atoms with Gasteiger partial charge in [0.2, 0.25) is 11.8 Å². The molecule has 1 aromatic carbocycles. The third kappa shape index (κ3) is 6.06. The van der Waals surface area contributed by atoms with Crippen molar-refractivity contribution in [3.63, 3.8) is 0 Å². The van der Waals surface area contributed by atoms with Gasteiger partial charge in [-0.05, 0) is 69.0 Å². The van der Waals surface area contributed by atoms with Gasteiger partial charge in [-0.15, -0.1) is 0 Å². The van der Waals surface area contributed by atoms with E-state index in [1.54, 1.807) is 31.9 Å². The molecule has 1 aliphatic carbocycles. The molecule has 3 amide bonds. The van der Waals surface area contributed by atoms with Crippen molar-refractivity contribution in [3.8, 4) is 0 Å². The number of nitrogen functional groups attached to an aromatic ring is 1. The molecule has 9 heteroatoms. The van der Waals surface area contributed by atoms with Crippen molar-refractivity contribution >= 4 is 34.5 Å². The molecule has 2 heterocycles. The predicted octanol–water partition coefficient (Wildman–Crippen LogP) is 3.51. The minimum Gasteiger partial charge on any atom is -0.444 e. The Balaban J connectivity index is 1.40. The molecule has 1 saturated carbocycles. The minimum absolute atomic E-state index is 0.0441. The number of anilines is 1. The number of likely N-dealkylation sites (tertiary alicyclic amines) is 1. The summed E-state index contributed by atoms with van der Waals surface area (Å²) in [6.45, 7) is 6.22. The van der Waals surface area contributed by atoms with Gasteiger partial charge in [0.15, 0.2) is 0 Å². The predicted molar refractivity (Wildman–Crippen MR) is 138 cm³/mol. The number of hydrogen-bond donors (Lipinski definition) is 3. The maximum atomic E-state index is 13.6. The van der Waals surface area contributed by atoms with Gasteiger partial charge in [0.1, 0.15) is 23.5 Å². The highest BCUT2D eigenvalue weighted by atomic mass is 16.6. The number of pyridine rings is 1. The summed E-state index contributed by atoms with van der Waals surface area (Å²) in [5.74, 6) is 0.123. The van der Waals surface area contributed by atoms with Crippen molar-refractivity contribution in [2.45, 2.75) is 83.5 Å². The van der Waals surface area contributed by atoms with E-state index < -0.39 is 23.8 Å². The van der Waals surface area contributed by atoms with Crippen LogP contribution >= 0.6 is 0 Å². The lowest BCUT2D eigenvalue weighted by Crippen LogP contribution is -2.63. The molecule has 1 saturated heterocycles. The summed E-state index contributed by atoms with van der Waals surface area (Å²) in [5, 5.41) is 7.62. The van der Waals surface area contributed by atoms with Crippen molar-refractivity contribution in [2.24, 2.45) is 5.92 Å². The van der Waals surface area contributed by atoms with Crippen LogP contribution in [0.4, 0.5) is 10.6 Å². The second kappa shape index (κ2) is 10.7. The number of aromatic nitrogens is 1. The molecule has 1 aliphatic heterocycles. The maximum Gasteiger partial charge on any atom is 0.408 e. The van der Waals surface area contributed by atoms with Crippen molar-refractivity contribution < 1.29 is 19.1 Å². The minimum atomic E-state index is -0.685. The van der Waals surface area contributed by atoms with Crippen LogP contribution < -0.4 is 16.4 Å². The average Bonchev–Trinajstić information content (AvgIpc) is 2.80. The molecule has 4 N–H and O–H groups in total. The highest BCUT2D eigenvalue weighted by Gasteiger charge is 2.43. The van der Waals surface area contributed by atoms with Crippen LogP contribution in [0.1, 0.15) is 64.9 Å². The van der Waals surface area contributed by atoms with Gasteiger partial charge in [-0.1, -0.05) is 31.4 Å². The smallest absolute Gasteiger partial charge is 0.408 e. The van der Waals surface area contributed by atoms with Gasteiger partial charge in [-0.25, -0.2) is 9.78 Å². The Morgan fingerprint density at radius 1 is 1.14 bits per heavy atom. The fourth-order valence-corrected chi connectivity index (χ4v) is 5.05.